The number of likely N-dealkylation sites (N-methyl/N-ethyl adjacent to an activating group) is 1. The van der Waals surface area contributed by atoms with Crippen molar-refractivity contribution in [3.8, 4) is 0 Å². The Hall–Kier alpha value is -0.830. The van der Waals surface area contributed by atoms with Crippen LogP contribution >= 0.6 is 0 Å². The first kappa shape index (κ1) is 9.17. The van der Waals surface area contributed by atoms with Crippen LogP contribution in [0.1, 0.15) is 13.8 Å². The Labute approximate surface area is 61.0 Å². The zero-order chi connectivity index (χ0) is 8.15. The Bertz CT molecular complexity index is 132. The van der Waals surface area contributed by atoms with Crippen molar-refractivity contribution in [2.45, 2.75) is 20.1 Å². The molecule has 0 radical (unpaired) electrons. The molecule has 0 fully saturated rings. The molecule has 0 aromatic rings. The molecule has 0 aliphatic rings. The molecule has 0 bridgehead atoms. The predicted molar refractivity (Wildman–Crippen MR) is 39.3 cm³/mol. The maximum Gasteiger partial charge on any atom is 0.247 e. The van der Waals surface area contributed by atoms with Gasteiger partial charge in [0.1, 0.15) is 6.23 Å². The molecule has 1 unspecified atom stereocenters. The van der Waals surface area contributed by atoms with Gasteiger partial charge in [0.05, 0.1) is 0 Å². The van der Waals surface area contributed by atoms with Crippen molar-refractivity contribution >= 4 is 5.91 Å². The summed E-state index contributed by atoms with van der Waals surface area (Å²) in [7, 11) is 0. The fourth-order valence-electron chi connectivity index (χ4n) is 0.721. The van der Waals surface area contributed by atoms with Crippen LogP contribution in [0.3, 0.4) is 0 Å². The Morgan fingerprint density at radius 2 is 2.40 bits per heavy atom. The highest BCUT2D eigenvalue weighted by molar-refractivity contribution is 5.87. The van der Waals surface area contributed by atoms with Gasteiger partial charge in [-0.15, -0.1) is 0 Å². The highest BCUT2D eigenvalue weighted by atomic mass is 16.3. The third kappa shape index (κ3) is 2.19. The number of rotatable bonds is 3. The average Bonchev–Trinajstić information content (AvgIpc) is 1.88. The van der Waals surface area contributed by atoms with Crippen molar-refractivity contribution in [2.24, 2.45) is 0 Å². The average molecular weight is 143 g/mol. The molecule has 3 nitrogen and oxygen atoms in total. The van der Waals surface area contributed by atoms with E-state index < -0.39 is 6.23 Å². The summed E-state index contributed by atoms with van der Waals surface area (Å²) in [6.45, 7) is 7.16. The summed E-state index contributed by atoms with van der Waals surface area (Å²) >= 11 is 0. The first-order valence-electron chi connectivity index (χ1n) is 3.24. The van der Waals surface area contributed by atoms with Gasteiger partial charge in [0, 0.05) is 6.54 Å². The molecule has 0 rings (SSSR count). The van der Waals surface area contributed by atoms with Crippen molar-refractivity contribution in [3.63, 3.8) is 0 Å². The minimum Gasteiger partial charge on any atom is -0.374 e. The topological polar surface area (TPSA) is 40.5 Å². The summed E-state index contributed by atoms with van der Waals surface area (Å²) in [4.78, 5) is 12.1. The summed E-state index contributed by atoms with van der Waals surface area (Å²) in [5.41, 5.74) is 0. The Morgan fingerprint density at radius 3 is 2.50 bits per heavy atom. The predicted octanol–water partition coefficient (Wildman–Crippen LogP) is 0.359. The number of hydrogen-bond acceptors (Lipinski definition) is 2. The van der Waals surface area contributed by atoms with E-state index >= 15 is 0 Å². The molecule has 0 saturated carbocycles. The molecule has 3 heteroatoms. The highest BCUT2D eigenvalue weighted by Gasteiger charge is 2.11. The lowest BCUT2D eigenvalue weighted by Crippen LogP contribution is -2.36. The van der Waals surface area contributed by atoms with Crippen LogP contribution in [0.2, 0.25) is 0 Å². The number of carbonyl (C=O) groups excluding carboxylic acids is 1. The molecule has 0 spiro atoms. The van der Waals surface area contributed by atoms with Gasteiger partial charge in [-0.1, -0.05) is 6.58 Å². The number of hydrogen-bond donors (Lipinski definition) is 1. The standard InChI is InChI=1S/C7H13NO2/c1-4-7(10)8(5-2)6(3)9/h4,6,9H,1,5H2,2-3H3. The summed E-state index contributed by atoms with van der Waals surface area (Å²) in [5, 5.41) is 8.97. The van der Waals surface area contributed by atoms with Crippen LogP contribution in [0.25, 0.3) is 0 Å². The normalized spacial score (nSPS) is 12.3. The van der Waals surface area contributed by atoms with E-state index in [0.717, 1.165) is 0 Å². The van der Waals surface area contributed by atoms with Gasteiger partial charge in [0.2, 0.25) is 5.91 Å². The number of nitrogens with zero attached hydrogens (tertiary/aromatic N) is 1. The molecule has 0 aliphatic heterocycles. The molecule has 0 saturated heterocycles. The Kier molecular flexibility index (Phi) is 3.72. The Morgan fingerprint density at radius 1 is 1.90 bits per heavy atom. The number of carbonyl (C=O) groups is 1. The summed E-state index contributed by atoms with van der Waals surface area (Å²) in [5.74, 6) is -0.238. The van der Waals surface area contributed by atoms with Crippen molar-refractivity contribution < 1.29 is 9.90 Å². The van der Waals surface area contributed by atoms with Crippen molar-refractivity contribution in [1.82, 2.24) is 4.90 Å². The number of amides is 1. The second kappa shape index (κ2) is 4.06. The van der Waals surface area contributed by atoms with Crippen LogP contribution in [0.5, 0.6) is 0 Å². The second-order valence-electron chi connectivity index (χ2n) is 1.96. The summed E-state index contributed by atoms with van der Waals surface area (Å²) in [6, 6.07) is 0. The molecule has 0 aliphatic carbocycles. The number of aliphatic hydroxyl groups is 1. The van der Waals surface area contributed by atoms with E-state index in [1.807, 2.05) is 0 Å². The minimum absolute atomic E-state index is 0.238. The van der Waals surface area contributed by atoms with Crippen molar-refractivity contribution in [1.29, 1.82) is 0 Å². The molecule has 0 heterocycles. The molecular formula is C7H13NO2. The SMILES string of the molecule is C=CC(=O)N(CC)C(C)O. The van der Waals surface area contributed by atoms with Gasteiger partial charge < -0.3 is 10.0 Å². The van der Waals surface area contributed by atoms with Gasteiger partial charge in [-0.05, 0) is 19.9 Å². The molecule has 0 aromatic heterocycles. The first-order valence-corrected chi connectivity index (χ1v) is 3.24. The van der Waals surface area contributed by atoms with E-state index in [4.69, 9.17) is 5.11 Å². The van der Waals surface area contributed by atoms with Gasteiger partial charge in [-0.25, -0.2) is 0 Å². The van der Waals surface area contributed by atoms with E-state index in [1.54, 1.807) is 13.8 Å². The maximum absolute atomic E-state index is 10.8. The third-order valence-electron chi connectivity index (χ3n) is 1.25. The largest absolute Gasteiger partial charge is 0.374 e. The molecule has 1 N–H and O–H groups in total. The summed E-state index contributed by atoms with van der Waals surface area (Å²) in [6.07, 6.45) is 0.464. The van der Waals surface area contributed by atoms with Gasteiger partial charge >= 0.3 is 0 Å². The smallest absolute Gasteiger partial charge is 0.247 e. The molecule has 0 aromatic carbocycles. The lowest BCUT2D eigenvalue weighted by molar-refractivity contribution is -0.134. The third-order valence-corrected chi connectivity index (χ3v) is 1.25. The molecule has 1 atom stereocenters. The molecule has 58 valence electrons. The van der Waals surface area contributed by atoms with E-state index in [-0.39, 0.29) is 5.91 Å². The van der Waals surface area contributed by atoms with Crippen LogP contribution in [-0.2, 0) is 4.79 Å². The fraction of sp³-hybridized carbons (Fsp3) is 0.571. The maximum atomic E-state index is 10.8. The lowest BCUT2D eigenvalue weighted by Gasteiger charge is -2.21. The lowest BCUT2D eigenvalue weighted by atomic mass is 10.4. The minimum atomic E-state index is -0.726. The molecule has 10 heavy (non-hydrogen) atoms. The van der Waals surface area contributed by atoms with Crippen LogP contribution in [0.15, 0.2) is 12.7 Å². The van der Waals surface area contributed by atoms with Gasteiger partial charge in [0.25, 0.3) is 0 Å². The fourth-order valence-corrected chi connectivity index (χ4v) is 0.721. The summed E-state index contributed by atoms with van der Waals surface area (Å²) < 4.78 is 0. The van der Waals surface area contributed by atoms with Crippen LogP contribution < -0.4 is 0 Å². The monoisotopic (exact) mass is 143 g/mol. The van der Waals surface area contributed by atoms with E-state index in [9.17, 15) is 4.79 Å². The van der Waals surface area contributed by atoms with Crippen LogP contribution in [0, 0.1) is 0 Å². The molecular weight excluding hydrogens is 130 g/mol. The van der Waals surface area contributed by atoms with Crippen LogP contribution in [-0.4, -0.2) is 28.7 Å². The van der Waals surface area contributed by atoms with E-state index in [2.05, 4.69) is 6.58 Å². The zero-order valence-electron chi connectivity index (χ0n) is 6.37. The van der Waals surface area contributed by atoms with Crippen LogP contribution in [0.4, 0.5) is 0 Å². The molecule has 1 amide bonds. The van der Waals surface area contributed by atoms with Crippen molar-refractivity contribution in [3.05, 3.63) is 12.7 Å². The van der Waals surface area contributed by atoms with Gasteiger partial charge in [0.15, 0.2) is 0 Å². The van der Waals surface area contributed by atoms with E-state index in [0.29, 0.717) is 6.54 Å². The highest BCUT2D eigenvalue weighted by Crippen LogP contribution is 1.95. The van der Waals surface area contributed by atoms with Gasteiger partial charge in [-0.3, -0.25) is 4.79 Å². The zero-order valence-corrected chi connectivity index (χ0v) is 6.37. The van der Waals surface area contributed by atoms with E-state index in [1.165, 1.54) is 11.0 Å². The first-order chi connectivity index (χ1) is 4.63. The second-order valence-corrected chi connectivity index (χ2v) is 1.96. The quantitative estimate of drug-likeness (QED) is 0.457. The van der Waals surface area contributed by atoms with Crippen molar-refractivity contribution in [2.75, 3.05) is 6.54 Å². The Balaban J connectivity index is 4.06. The van der Waals surface area contributed by atoms with Gasteiger partial charge in [-0.2, -0.15) is 0 Å². The number of aliphatic hydroxyl groups excluding tert-OH is 1.